The van der Waals surface area contributed by atoms with Crippen LogP contribution in [0.25, 0.3) is 0 Å². The van der Waals surface area contributed by atoms with E-state index in [-0.39, 0.29) is 29.7 Å². The van der Waals surface area contributed by atoms with E-state index in [9.17, 15) is 9.90 Å². The summed E-state index contributed by atoms with van der Waals surface area (Å²) in [6.07, 6.45) is 4.04. The lowest BCUT2D eigenvalue weighted by Crippen LogP contribution is -2.46. The first-order valence-corrected chi connectivity index (χ1v) is 7.89. The lowest BCUT2D eigenvalue weighted by Gasteiger charge is -2.35. The van der Waals surface area contributed by atoms with Crippen molar-refractivity contribution in [2.45, 2.75) is 51.6 Å². The van der Waals surface area contributed by atoms with Crippen molar-refractivity contribution in [3.05, 3.63) is 29.8 Å². The minimum Gasteiger partial charge on any atom is -0.508 e. The van der Waals surface area contributed by atoms with Gasteiger partial charge in [-0.2, -0.15) is 0 Å². The molecule has 3 N–H and O–H groups in total. The molecule has 2 rings (SSSR count). The van der Waals surface area contributed by atoms with Crippen molar-refractivity contribution < 1.29 is 9.90 Å². The normalized spacial score (nSPS) is 23.6. The van der Waals surface area contributed by atoms with Crippen LogP contribution in [0.5, 0.6) is 5.75 Å². The van der Waals surface area contributed by atoms with Gasteiger partial charge in [-0.1, -0.05) is 25.0 Å². The second-order valence-electron chi connectivity index (χ2n) is 5.95. The van der Waals surface area contributed by atoms with Crippen LogP contribution < -0.4 is 5.73 Å². The maximum absolute atomic E-state index is 12.8. The molecule has 3 unspecified atom stereocenters. The molecule has 116 valence electrons. The van der Waals surface area contributed by atoms with E-state index in [4.69, 9.17) is 5.73 Å². The molecule has 1 saturated carbocycles. The lowest BCUT2D eigenvalue weighted by molar-refractivity contribution is -0.139. The summed E-state index contributed by atoms with van der Waals surface area (Å²) in [6.45, 7) is 4.65. The van der Waals surface area contributed by atoms with Gasteiger partial charge >= 0.3 is 0 Å². The third-order valence-corrected chi connectivity index (χ3v) is 4.58. The zero-order chi connectivity index (χ0) is 15.4. The van der Waals surface area contributed by atoms with Crippen LogP contribution in [0, 0.1) is 5.92 Å². The summed E-state index contributed by atoms with van der Waals surface area (Å²) in [5.74, 6) is 0.330. The van der Waals surface area contributed by atoms with Crippen molar-refractivity contribution in [2.24, 2.45) is 11.7 Å². The van der Waals surface area contributed by atoms with E-state index in [2.05, 4.69) is 0 Å². The molecule has 1 aliphatic rings. The molecular weight excluding hydrogens is 264 g/mol. The predicted molar refractivity (Wildman–Crippen MR) is 83.8 cm³/mol. The monoisotopic (exact) mass is 290 g/mol. The average molecular weight is 290 g/mol. The number of phenols is 1. The summed E-state index contributed by atoms with van der Waals surface area (Å²) in [5.41, 5.74) is 7.10. The molecule has 21 heavy (non-hydrogen) atoms. The molecule has 0 heterocycles. The maximum Gasteiger partial charge on any atom is 0.227 e. The quantitative estimate of drug-likeness (QED) is 0.896. The Morgan fingerprint density at radius 3 is 2.76 bits per heavy atom. The first-order chi connectivity index (χ1) is 10.0. The number of rotatable bonds is 4. The predicted octanol–water partition coefficient (Wildman–Crippen LogP) is 2.82. The van der Waals surface area contributed by atoms with E-state index in [1.165, 1.54) is 0 Å². The van der Waals surface area contributed by atoms with Crippen LogP contribution in [0.1, 0.15) is 51.1 Å². The van der Waals surface area contributed by atoms with Crippen molar-refractivity contribution in [1.82, 2.24) is 4.90 Å². The van der Waals surface area contributed by atoms with E-state index < -0.39 is 0 Å². The van der Waals surface area contributed by atoms with E-state index in [1.54, 1.807) is 12.1 Å². The first-order valence-electron chi connectivity index (χ1n) is 7.89. The van der Waals surface area contributed by atoms with Crippen molar-refractivity contribution in [3.8, 4) is 5.75 Å². The molecule has 1 aromatic rings. The molecule has 0 bridgehead atoms. The Morgan fingerprint density at radius 2 is 2.14 bits per heavy atom. The Kier molecular flexibility index (Phi) is 5.23. The highest BCUT2D eigenvalue weighted by Gasteiger charge is 2.33. The number of hydrogen-bond donors (Lipinski definition) is 2. The lowest BCUT2D eigenvalue weighted by atomic mass is 9.83. The zero-order valence-corrected chi connectivity index (χ0v) is 13.0. The van der Waals surface area contributed by atoms with Gasteiger partial charge in [0.25, 0.3) is 0 Å². The SMILES string of the molecule is CCN(C(=O)C1CCCCC1N)C(C)c1cccc(O)c1. The topological polar surface area (TPSA) is 66.6 Å². The number of benzene rings is 1. The smallest absolute Gasteiger partial charge is 0.227 e. The standard InChI is InChI=1S/C17H26N2O2/c1-3-19(12(2)13-7-6-8-14(20)11-13)17(21)15-9-4-5-10-16(15)18/h6-8,11-12,15-16,20H,3-5,9-10,18H2,1-2H3. The fourth-order valence-corrected chi connectivity index (χ4v) is 3.26. The van der Waals surface area contributed by atoms with Gasteiger partial charge in [-0.25, -0.2) is 0 Å². The molecule has 4 nitrogen and oxygen atoms in total. The highest BCUT2D eigenvalue weighted by atomic mass is 16.3. The number of hydrogen-bond acceptors (Lipinski definition) is 3. The minimum atomic E-state index is -0.0570. The zero-order valence-electron chi connectivity index (χ0n) is 13.0. The molecule has 1 amide bonds. The third-order valence-electron chi connectivity index (χ3n) is 4.58. The Labute approximate surface area is 126 Å². The number of carbonyl (C=O) groups excluding carboxylic acids is 1. The highest BCUT2D eigenvalue weighted by molar-refractivity contribution is 5.80. The first kappa shape index (κ1) is 15.8. The van der Waals surface area contributed by atoms with Crippen LogP contribution >= 0.6 is 0 Å². The van der Waals surface area contributed by atoms with E-state index >= 15 is 0 Å². The van der Waals surface area contributed by atoms with Crippen molar-refractivity contribution in [3.63, 3.8) is 0 Å². The van der Waals surface area contributed by atoms with Crippen LogP contribution in [0.3, 0.4) is 0 Å². The second kappa shape index (κ2) is 6.94. The van der Waals surface area contributed by atoms with Gasteiger partial charge in [-0.15, -0.1) is 0 Å². The summed E-state index contributed by atoms with van der Waals surface area (Å²) in [4.78, 5) is 14.7. The molecule has 0 aromatic heterocycles. The fraction of sp³-hybridized carbons (Fsp3) is 0.588. The van der Waals surface area contributed by atoms with Gasteiger partial charge in [-0.3, -0.25) is 4.79 Å². The molecule has 1 fully saturated rings. The molecule has 0 spiro atoms. The fourth-order valence-electron chi connectivity index (χ4n) is 3.26. The van der Waals surface area contributed by atoms with Crippen LogP contribution in [0.15, 0.2) is 24.3 Å². The number of aromatic hydroxyl groups is 1. The number of nitrogens with two attached hydrogens (primary N) is 1. The highest BCUT2D eigenvalue weighted by Crippen LogP contribution is 2.29. The summed E-state index contributed by atoms with van der Waals surface area (Å²) in [5, 5.41) is 9.62. The largest absolute Gasteiger partial charge is 0.508 e. The van der Waals surface area contributed by atoms with Crippen molar-refractivity contribution >= 4 is 5.91 Å². The number of nitrogens with zero attached hydrogens (tertiary/aromatic N) is 1. The molecule has 1 aromatic carbocycles. The van der Waals surface area contributed by atoms with Crippen LogP contribution in [-0.2, 0) is 4.79 Å². The second-order valence-corrected chi connectivity index (χ2v) is 5.95. The molecule has 4 heteroatoms. The van der Waals surface area contributed by atoms with Crippen LogP contribution in [0.2, 0.25) is 0 Å². The third kappa shape index (κ3) is 3.56. The number of carbonyl (C=O) groups is 1. The minimum absolute atomic E-state index is 0.0170. The molecule has 3 atom stereocenters. The van der Waals surface area contributed by atoms with Crippen molar-refractivity contribution in [2.75, 3.05) is 6.54 Å². The average Bonchev–Trinajstić information content (AvgIpc) is 2.48. The van der Waals surface area contributed by atoms with E-state index in [1.807, 2.05) is 30.9 Å². The summed E-state index contributed by atoms with van der Waals surface area (Å²) in [7, 11) is 0. The Bertz CT molecular complexity index is 489. The number of amides is 1. The van der Waals surface area contributed by atoms with Gasteiger partial charge in [0, 0.05) is 12.6 Å². The molecule has 0 aliphatic heterocycles. The van der Waals surface area contributed by atoms with Gasteiger partial charge in [-0.05, 0) is 44.4 Å². The van der Waals surface area contributed by atoms with Gasteiger partial charge in [0.1, 0.15) is 5.75 Å². The van der Waals surface area contributed by atoms with Crippen LogP contribution in [-0.4, -0.2) is 28.5 Å². The molecule has 0 saturated heterocycles. The summed E-state index contributed by atoms with van der Waals surface area (Å²) < 4.78 is 0. The van der Waals surface area contributed by atoms with Crippen molar-refractivity contribution in [1.29, 1.82) is 0 Å². The van der Waals surface area contributed by atoms with E-state index in [0.29, 0.717) is 6.54 Å². The van der Waals surface area contributed by atoms with Gasteiger partial charge < -0.3 is 15.7 Å². The van der Waals surface area contributed by atoms with Gasteiger partial charge in [0.15, 0.2) is 0 Å². The van der Waals surface area contributed by atoms with Gasteiger partial charge in [0.2, 0.25) is 5.91 Å². The van der Waals surface area contributed by atoms with Crippen LogP contribution in [0.4, 0.5) is 0 Å². The molecule has 0 radical (unpaired) electrons. The molecular formula is C17H26N2O2. The Morgan fingerprint density at radius 1 is 1.43 bits per heavy atom. The van der Waals surface area contributed by atoms with Gasteiger partial charge in [0.05, 0.1) is 12.0 Å². The molecule has 1 aliphatic carbocycles. The number of phenolic OH excluding ortho intramolecular Hbond substituents is 1. The Balaban J connectivity index is 2.16. The summed E-state index contributed by atoms with van der Waals surface area (Å²) in [6, 6.07) is 7.06. The van der Waals surface area contributed by atoms with E-state index in [0.717, 1.165) is 31.2 Å². The maximum atomic E-state index is 12.8. The Hall–Kier alpha value is -1.55. The summed E-state index contributed by atoms with van der Waals surface area (Å²) >= 11 is 0.